The molecule has 6 nitrogen and oxygen atoms in total. The fourth-order valence-electron chi connectivity index (χ4n) is 3.23. The Balaban J connectivity index is 1.79. The molecule has 120 valence electrons. The van der Waals surface area contributed by atoms with Gasteiger partial charge in [0, 0.05) is 19.1 Å². The predicted molar refractivity (Wildman–Crippen MR) is 78.0 cm³/mol. The van der Waals surface area contributed by atoms with E-state index in [9.17, 15) is 9.59 Å². The van der Waals surface area contributed by atoms with E-state index in [-0.39, 0.29) is 18.2 Å². The van der Waals surface area contributed by atoms with Gasteiger partial charge in [0.25, 0.3) is 0 Å². The minimum Gasteiger partial charge on any atom is -0.450 e. The molecule has 2 rings (SSSR count). The third-order valence-electron chi connectivity index (χ3n) is 4.00. The summed E-state index contributed by atoms with van der Waals surface area (Å²) in [5.74, 6) is 0.897. The SMILES string of the molecule is CCOC(=O)NC1C[C@@H]2CN(C(=O)OC(C)(C)C)C[C@@H]2C1. The molecule has 1 N–H and O–H groups in total. The van der Waals surface area contributed by atoms with Crippen LogP contribution in [0.5, 0.6) is 0 Å². The van der Waals surface area contributed by atoms with Crippen LogP contribution in [0.1, 0.15) is 40.5 Å². The molecular formula is C15H26N2O4. The molecule has 0 aromatic carbocycles. The lowest BCUT2D eigenvalue weighted by atomic mass is 10.0. The molecule has 1 heterocycles. The third-order valence-corrected chi connectivity index (χ3v) is 4.00. The monoisotopic (exact) mass is 298 g/mol. The number of fused-ring (bicyclic) bond motifs is 1. The maximum absolute atomic E-state index is 12.1. The molecule has 0 radical (unpaired) electrons. The summed E-state index contributed by atoms with van der Waals surface area (Å²) in [5.41, 5.74) is -0.456. The Kier molecular flexibility index (Phi) is 4.64. The molecule has 1 aliphatic heterocycles. The molecule has 1 saturated heterocycles. The van der Waals surface area contributed by atoms with Crippen molar-refractivity contribution >= 4 is 12.2 Å². The summed E-state index contributed by atoms with van der Waals surface area (Å²) in [4.78, 5) is 25.3. The molecule has 1 unspecified atom stereocenters. The highest BCUT2D eigenvalue weighted by atomic mass is 16.6. The molecule has 2 aliphatic rings. The molecule has 0 bridgehead atoms. The van der Waals surface area contributed by atoms with Crippen LogP contribution in [0.25, 0.3) is 0 Å². The van der Waals surface area contributed by atoms with Crippen LogP contribution >= 0.6 is 0 Å². The molecule has 1 saturated carbocycles. The maximum atomic E-state index is 12.1. The lowest BCUT2D eigenvalue weighted by Gasteiger charge is -2.25. The second-order valence-electron chi connectivity index (χ2n) is 6.94. The Morgan fingerprint density at radius 2 is 1.76 bits per heavy atom. The van der Waals surface area contributed by atoms with E-state index in [0.29, 0.717) is 18.4 Å². The number of amides is 2. The molecule has 6 heteroatoms. The van der Waals surface area contributed by atoms with Crippen molar-refractivity contribution in [2.24, 2.45) is 11.8 Å². The van der Waals surface area contributed by atoms with Crippen molar-refractivity contribution in [3.8, 4) is 0 Å². The predicted octanol–water partition coefficient (Wildman–Crippen LogP) is 2.38. The molecule has 3 atom stereocenters. The summed E-state index contributed by atoms with van der Waals surface area (Å²) in [6, 6.07) is 0.167. The van der Waals surface area contributed by atoms with Crippen LogP contribution in [-0.2, 0) is 9.47 Å². The first-order valence-electron chi connectivity index (χ1n) is 7.69. The Labute approximate surface area is 126 Å². The number of hydrogen-bond donors (Lipinski definition) is 1. The van der Waals surface area contributed by atoms with E-state index in [0.717, 1.165) is 25.9 Å². The van der Waals surface area contributed by atoms with Crippen molar-refractivity contribution in [2.45, 2.75) is 52.2 Å². The van der Waals surface area contributed by atoms with E-state index in [4.69, 9.17) is 9.47 Å². The highest BCUT2D eigenvalue weighted by molar-refractivity contribution is 5.69. The van der Waals surface area contributed by atoms with Crippen LogP contribution in [0.15, 0.2) is 0 Å². The van der Waals surface area contributed by atoms with Gasteiger partial charge in [-0.15, -0.1) is 0 Å². The number of carbonyl (C=O) groups is 2. The molecular weight excluding hydrogens is 272 g/mol. The second kappa shape index (κ2) is 6.12. The van der Waals surface area contributed by atoms with Crippen LogP contribution in [0.3, 0.4) is 0 Å². The first kappa shape index (κ1) is 15.9. The smallest absolute Gasteiger partial charge is 0.410 e. The molecule has 0 aromatic heterocycles. The van der Waals surface area contributed by atoms with E-state index in [1.807, 2.05) is 20.8 Å². The number of nitrogens with one attached hydrogen (secondary N) is 1. The first-order valence-corrected chi connectivity index (χ1v) is 7.69. The van der Waals surface area contributed by atoms with Gasteiger partial charge < -0.3 is 19.7 Å². The number of ether oxygens (including phenoxy) is 2. The van der Waals surface area contributed by atoms with Gasteiger partial charge >= 0.3 is 12.2 Å². The molecule has 21 heavy (non-hydrogen) atoms. The average Bonchev–Trinajstić information content (AvgIpc) is 2.84. The summed E-state index contributed by atoms with van der Waals surface area (Å²) in [7, 11) is 0. The van der Waals surface area contributed by atoms with Gasteiger partial charge in [0.05, 0.1) is 6.61 Å². The van der Waals surface area contributed by atoms with Crippen LogP contribution < -0.4 is 5.32 Å². The molecule has 0 spiro atoms. The van der Waals surface area contributed by atoms with Crippen LogP contribution in [0.4, 0.5) is 9.59 Å². The number of likely N-dealkylation sites (tertiary alicyclic amines) is 1. The zero-order valence-electron chi connectivity index (χ0n) is 13.3. The Hall–Kier alpha value is -1.46. The highest BCUT2D eigenvalue weighted by Crippen LogP contribution is 2.38. The summed E-state index contributed by atoms with van der Waals surface area (Å²) in [6.45, 7) is 9.25. The number of nitrogens with zero attached hydrogens (tertiary/aromatic N) is 1. The van der Waals surface area contributed by atoms with Crippen LogP contribution in [-0.4, -0.2) is 48.4 Å². The summed E-state index contributed by atoms with van der Waals surface area (Å²) in [5, 5.41) is 2.89. The first-order chi connectivity index (χ1) is 9.78. The fraction of sp³-hybridized carbons (Fsp3) is 0.867. The molecule has 2 fully saturated rings. The van der Waals surface area contributed by atoms with Gasteiger partial charge in [-0.25, -0.2) is 9.59 Å². The van der Waals surface area contributed by atoms with E-state index >= 15 is 0 Å². The van der Waals surface area contributed by atoms with Crippen molar-refractivity contribution in [1.29, 1.82) is 0 Å². The van der Waals surface area contributed by atoms with Crippen molar-refractivity contribution in [1.82, 2.24) is 10.2 Å². The topological polar surface area (TPSA) is 67.9 Å². The Morgan fingerprint density at radius 3 is 2.24 bits per heavy atom. The zero-order chi connectivity index (χ0) is 15.6. The lowest BCUT2D eigenvalue weighted by Crippen LogP contribution is -2.38. The summed E-state index contributed by atoms with van der Waals surface area (Å²) >= 11 is 0. The largest absolute Gasteiger partial charge is 0.450 e. The number of hydrogen-bond acceptors (Lipinski definition) is 4. The number of alkyl carbamates (subject to hydrolysis) is 1. The van der Waals surface area contributed by atoms with Gasteiger partial charge in [-0.2, -0.15) is 0 Å². The van der Waals surface area contributed by atoms with E-state index < -0.39 is 5.60 Å². The normalized spacial score (nSPS) is 28.2. The van der Waals surface area contributed by atoms with Crippen molar-refractivity contribution < 1.29 is 19.1 Å². The average molecular weight is 298 g/mol. The van der Waals surface area contributed by atoms with Crippen molar-refractivity contribution in [2.75, 3.05) is 19.7 Å². The minimum atomic E-state index is -0.456. The van der Waals surface area contributed by atoms with Crippen molar-refractivity contribution in [3.63, 3.8) is 0 Å². The van der Waals surface area contributed by atoms with Gasteiger partial charge in [0.2, 0.25) is 0 Å². The van der Waals surface area contributed by atoms with Gasteiger partial charge in [0.15, 0.2) is 0 Å². The lowest BCUT2D eigenvalue weighted by molar-refractivity contribution is 0.0278. The Morgan fingerprint density at radius 1 is 1.19 bits per heavy atom. The van der Waals surface area contributed by atoms with Crippen LogP contribution in [0, 0.1) is 11.8 Å². The second-order valence-corrected chi connectivity index (χ2v) is 6.94. The number of rotatable bonds is 2. The summed E-state index contributed by atoms with van der Waals surface area (Å²) in [6.07, 6.45) is 1.24. The van der Waals surface area contributed by atoms with E-state index in [1.54, 1.807) is 11.8 Å². The standard InChI is InChI=1S/C15H26N2O4/c1-5-20-13(18)16-12-6-10-8-17(9-11(10)7-12)14(19)21-15(2,3)4/h10-12H,5-9H2,1-4H3,(H,16,18)/t10-,11+,12?. The highest BCUT2D eigenvalue weighted by Gasteiger charge is 2.43. The zero-order valence-corrected chi connectivity index (χ0v) is 13.3. The molecule has 1 aliphatic carbocycles. The van der Waals surface area contributed by atoms with Gasteiger partial charge in [-0.05, 0) is 52.4 Å². The van der Waals surface area contributed by atoms with E-state index in [2.05, 4.69) is 5.32 Å². The quantitative estimate of drug-likeness (QED) is 0.850. The third kappa shape index (κ3) is 4.25. The van der Waals surface area contributed by atoms with E-state index in [1.165, 1.54) is 0 Å². The molecule has 2 amide bonds. The summed E-state index contributed by atoms with van der Waals surface area (Å²) < 4.78 is 10.3. The van der Waals surface area contributed by atoms with Gasteiger partial charge in [-0.1, -0.05) is 0 Å². The van der Waals surface area contributed by atoms with Crippen molar-refractivity contribution in [3.05, 3.63) is 0 Å². The van der Waals surface area contributed by atoms with Crippen LogP contribution in [0.2, 0.25) is 0 Å². The maximum Gasteiger partial charge on any atom is 0.410 e. The number of carbonyl (C=O) groups excluding carboxylic acids is 2. The Bertz CT molecular complexity index is 391. The molecule has 0 aromatic rings. The van der Waals surface area contributed by atoms with Gasteiger partial charge in [0.1, 0.15) is 5.60 Å². The fourth-order valence-corrected chi connectivity index (χ4v) is 3.23. The minimum absolute atomic E-state index is 0.167. The van der Waals surface area contributed by atoms with Gasteiger partial charge in [-0.3, -0.25) is 0 Å².